The highest BCUT2D eigenvalue weighted by molar-refractivity contribution is 6.01. The summed E-state index contributed by atoms with van der Waals surface area (Å²) in [5, 5.41) is 16.1. The van der Waals surface area contributed by atoms with Crippen LogP contribution in [0.1, 0.15) is 66.6 Å². The number of aromatic hydroxyl groups is 1. The van der Waals surface area contributed by atoms with Gasteiger partial charge in [-0.2, -0.15) is 0 Å². The fourth-order valence-corrected chi connectivity index (χ4v) is 6.47. The van der Waals surface area contributed by atoms with Crippen molar-refractivity contribution in [3.63, 3.8) is 0 Å². The Morgan fingerprint density at radius 1 is 0.894 bits per heavy atom. The summed E-state index contributed by atoms with van der Waals surface area (Å²) in [5.41, 5.74) is 1.89. The minimum Gasteiger partial charge on any atom is -0.508 e. The molecule has 0 bridgehead atoms. The van der Waals surface area contributed by atoms with Gasteiger partial charge < -0.3 is 20.6 Å². The number of ketones is 1. The highest BCUT2D eigenvalue weighted by Gasteiger charge is 2.55. The van der Waals surface area contributed by atoms with E-state index in [1.54, 1.807) is 60.7 Å². The Balaban J connectivity index is 0.000000762. The van der Waals surface area contributed by atoms with Crippen LogP contribution >= 0.6 is 0 Å². The number of carbonyl (C=O) groups is 3. The van der Waals surface area contributed by atoms with Gasteiger partial charge in [0.1, 0.15) is 17.6 Å². The van der Waals surface area contributed by atoms with E-state index in [0.717, 1.165) is 37.7 Å². The monoisotopic (exact) mass is 637 g/mol. The highest BCUT2D eigenvalue weighted by Crippen LogP contribution is 2.47. The van der Waals surface area contributed by atoms with Gasteiger partial charge in [-0.15, -0.1) is 0 Å². The first-order valence-electron chi connectivity index (χ1n) is 16.1. The number of benzene rings is 3. The van der Waals surface area contributed by atoms with Gasteiger partial charge in [-0.25, -0.2) is 9.18 Å². The van der Waals surface area contributed by atoms with E-state index in [4.69, 9.17) is 0 Å². The number of urea groups is 1. The van der Waals surface area contributed by atoms with E-state index in [-0.39, 0.29) is 41.9 Å². The standard InChI is InChI=1S/C33H36FN3O4.C6H8/c1-21-28(31(39)24-8-4-2-5-9-24)30(23-14-18-27(38)19-15-23)37(33(41)36-26-10-6-3-7-11-26)29(21)32(40)35-20-22-12-16-25(34)17-13-22;1-3-5-6-4-2/h2,4-5,8-9,12-19,21,26,28-30,38H,3,6-7,10-11,20H2,1H3,(H,35,40)(H,36,41);3-6H,1-2H2/b;6-5-. The largest absolute Gasteiger partial charge is 0.508 e. The Hall–Kier alpha value is -4.98. The number of halogens is 1. The molecule has 2 fully saturated rings. The van der Waals surface area contributed by atoms with Crippen LogP contribution in [-0.4, -0.2) is 39.8 Å². The lowest BCUT2D eigenvalue weighted by molar-refractivity contribution is -0.126. The molecule has 8 heteroatoms. The summed E-state index contributed by atoms with van der Waals surface area (Å²) >= 11 is 0. The first-order valence-corrected chi connectivity index (χ1v) is 16.1. The predicted molar refractivity (Wildman–Crippen MR) is 183 cm³/mol. The van der Waals surface area contributed by atoms with Crippen LogP contribution in [0.4, 0.5) is 9.18 Å². The van der Waals surface area contributed by atoms with Crippen LogP contribution in [-0.2, 0) is 11.3 Å². The van der Waals surface area contributed by atoms with Crippen molar-refractivity contribution in [2.75, 3.05) is 0 Å². The number of phenolic OH excluding ortho intramolecular Hbond substituents is 1. The first kappa shape index (κ1) is 34.9. The zero-order chi connectivity index (χ0) is 33.8. The summed E-state index contributed by atoms with van der Waals surface area (Å²) in [6, 6.07) is 19.2. The molecule has 4 atom stereocenters. The van der Waals surface area contributed by atoms with E-state index in [9.17, 15) is 23.9 Å². The van der Waals surface area contributed by atoms with E-state index in [2.05, 4.69) is 23.8 Å². The van der Waals surface area contributed by atoms with Crippen LogP contribution in [0.3, 0.4) is 0 Å². The second kappa shape index (κ2) is 17.1. The average Bonchev–Trinajstić information content (AvgIpc) is 3.40. The number of rotatable bonds is 9. The molecule has 246 valence electrons. The summed E-state index contributed by atoms with van der Waals surface area (Å²) in [6.45, 7) is 8.92. The van der Waals surface area contributed by atoms with Crippen molar-refractivity contribution >= 4 is 17.7 Å². The molecule has 1 saturated heterocycles. The SMILES string of the molecule is C=C/C=C\C=C.CC1C(C(=O)c2ccccc2)C(c2ccc(O)cc2)N(C(=O)NC2CCCCC2)C1C(=O)NCc1ccc(F)cc1. The molecule has 3 aromatic rings. The second-order valence-electron chi connectivity index (χ2n) is 12.0. The van der Waals surface area contributed by atoms with E-state index in [1.165, 1.54) is 29.2 Å². The fourth-order valence-electron chi connectivity index (χ4n) is 6.47. The number of hydrogen-bond donors (Lipinski definition) is 3. The molecule has 1 aliphatic carbocycles. The maximum absolute atomic E-state index is 14.1. The fraction of sp³-hybridized carbons (Fsp3) is 0.308. The Morgan fingerprint density at radius 2 is 1.51 bits per heavy atom. The molecule has 5 rings (SSSR count). The molecule has 4 unspecified atom stereocenters. The minimum atomic E-state index is -0.935. The van der Waals surface area contributed by atoms with Crippen LogP contribution in [0.25, 0.3) is 0 Å². The number of nitrogens with zero attached hydrogens (tertiary/aromatic N) is 1. The lowest BCUT2D eigenvalue weighted by Crippen LogP contribution is -2.53. The number of Topliss-reactive ketones (excluding diaryl/α,β-unsaturated/α-hetero) is 1. The third-order valence-corrected chi connectivity index (χ3v) is 8.80. The molecule has 0 aromatic heterocycles. The van der Waals surface area contributed by atoms with Gasteiger partial charge >= 0.3 is 6.03 Å². The number of allylic oxidation sites excluding steroid dienone is 4. The van der Waals surface area contributed by atoms with Crippen molar-refractivity contribution in [1.82, 2.24) is 15.5 Å². The van der Waals surface area contributed by atoms with Crippen molar-refractivity contribution in [3.8, 4) is 5.75 Å². The predicted octanol–water partition coefficient (Wildman–Crippen LogP) is 7.67. The van der Waals surface area contributed by atoms with Crippen LogP contribution in [0, 0.1) is 17.7 Å². The van der Waals surface area contributed by atoms with E-state index < -0.39 is 23.9 Å². The Labute approximate surface area is 276 Å². The second-order valence-corrected chi connectivity index (χ2v) is 12.0. The number of nitrogens with one attached hydrogen (secondary N) is 2. The Morgan fingerprint density at radius 3 is 2.11 bits per heavy atom. The van der Waals surface area contributed by atoms with Gasteiger partial charge in [-0.1, -0.05) is 118 Å². The van der Waals surface area contributed by atoms with Gasteiger partial charge in [-0.05, 0) is 54.2 Å². The summed E-state index contributed by atoms with van der Waals surface area (Å²) in [7, 11) is 0. The van der Waals surface area contributed by atoms with Crippen molar-refractivity contribution in [2.24, 2.45) is 11.8 Å². The number of amides is 3. The summed E-state index contributed by atoms with van der Waals surface area (Å²) in [5.74, 6) is -2.06. The smallest absolute Gasteiger partial charge is 0.318 e. The third-order valence-electron chi connectivity index (χ3n) is 8.80. The highest BCUT2D eigenvalue weighted by atomic mass is 19.1. The summed E-state index contributed by atoms with van der Waals surface area (Å²) < 4.78 is 13.4. The molecule has 0 radical (unpaired) electrons. The summed E-state index contributed by atoms with van der Waals surface area (Å²) in [4.78, 5) is 43.6. The van der Waals surface area contributed by atoms with Crippen LogP contribution in [0.2, 0.25) is 0 Å². The molecule has 3 aromatic carbocycles. The zero-order valence-corrected chi connectivity index (χ0v) is 26.9. The number of phenols is 1. The number of carbonyl (C=O) groups excluding carboxylic acids is 3. The third kappa shape index (κ3) is 9.06. The first-order chi connectivity index (χ1) is 22.7. The normalized spacial score (nSPS) is 20.9. The molecular formula is C39H44FN3O4. The molecule has 2 aliphatic rings. The molecule has 1 saturated carbocycles. The van der Waals surface area contributed by atoms with Crippen LogP contribution < -0.4 is 10.6 Å². The lowest BCUT2D eigenvalue weighted by Gasteiger charge is -2.34. The molecule has 7 nitrogen and oxygen atoms in total. The van der Waals surface area contributed by atoms with Crippen LogP contribution in [0.5, 0.6) is 5.75 Å². The zero-order valence-electron chi connectivity index (χ0n) is 26.9. The van der Waals surface area contributed by atoms with E-state index in [0.29, 0.717) is 11.1 Å². The molecule has 3 N–H and O–H groups in total. The molecule has 3 amide bonds. The maximum Gasteiger partial charge on any atom is 0.318 e. The minimum absolute atomic E-state index is 0.00109. The Bertz CT molecular complexity index is 1520. The number of hydrogen-bond acceptors (Lipinski definition) is 4. The van der Waals surface area contributed by atoms with Gasteiger partial charge in [0.05, 0.1) is 12.0 Å². The quantitative estimate of drug-likeness (QED) is 0.166. The van der Waals surface area contributed by atoms with Gasteiger partial charge in [0.25, 0.3) is 0 Å². The van der Waals surface area contributed by atoms with Crippen molar-refractivity contribution in [2.45, 2.75) is 63.7 Å². The maximum atomic E-state index is 14.1. The molecular weight excluding hydrogens is 593 g/mol. The molecule has 1 aliphatic heterocycles. The van der Waals surface area contributed by atoms with Crippen LogP contribution in [0.15, 0.2) is 116 Å². The topological polar surface area (TPSA) is 98.7 Å². The van der Waals surface area contributed by atoms with Gasteiger partial charge in [0, 0.05) is 18.2 Å². The van der Waals surface area contributed by atoms with Gasteiger partial charge in [-0.3, -0.25) is 9.59 Å². The lowest BCUT2D eigenvalue weighted by atomic mass is 9.80. The number of likely N-dealkylation sites (tertiary alicyclic amines) is 1. The van der Waals surface area contributed by atoms with E-state index in [1.807, 2.05) is 25.1 Å². The average molecular weight is 638 g/mol. The Kier molecular flexibility index (Phi) is 12.7. The van der Waals surface area contributed by atoms with Gasteiger partial charge in [0.15, 0.2) is 5.78 Å². The van der Waals surface area contributed by atoms with Gasteiger partial charge in [0.2, 0.25) is 5.91 Å². The van der Waals surface area contributed by atoms with E-state index >= 15 is 0 Å². The summed E-state index contributed by atoms with van der Waals surface area (Å²) in [6.07, 6.45) is 12.0. The molecule has 1 heterocycles. The van der Waals surface area contributed by atoms with Crippen molar-refractivity contribution in [3.05, 3.63) is 139 Å². The van der Waals surface area contributed by atoms with Crippen molar-refractivity contribution < 1.29 is 23.9 Å². The molecule has 0 spiro atoms. The molecule has 47 heavy (non-hydrogen) atoms. The van der Waals surface area contributed by atoms with Crippen molar-refractivity contribution in [1.29, 1.82) is 0 Å².